The highest BCUT2D eigenvalue weighted by Gasteiger charge is 2.11. The van der Waals surface area contributed by atoms with Gasteiger partial charge in [-0.15, -0.1) is 0 Å². The minimum absolute atomic E-state index is 0.385. The largest absolute Gasteiger partial charge is 0.494 e. The Hall–Kier alpha value is -3.06. The van der Waals surface area contributed by atoms with Gasteiger partial charge < -0.3 is 20.4 Å². The van der Waals surface area contributed by atoms with E-state index in [0.29, 0.717) is 17.9 Å². The molecule has 0 unspecified atom stereocenters. The van der Waals surface area contributed by atoms with Crippen LogP contribution in [0.4, 0.5) is 4.79 Å². The van der Waals surface area contributed by atoms with E-state index in [9.17, 15) is 9.59 Å². The molecule has 2 heterocycles. The van der Waals surface area contributed by atoms with E-state index in [0.717, 1.165) is 34.2 Å². The van der Waals surface area contributed by atoms with Gasteiger partial charge in [0.25, 0.3) is 5.56 Å². The molecule has 0 aliphatic carbocycles. The van der Waals surface area contributed by atoms with E-state index in [2.05, 4.69) is 9.88 Å². The Bertz CT molecular complexity index is 988. The number of aromatic amines is 1. The van der Waals surface area contributed by atoms with E-state index in [1.807, 2.05) is 38.4 Å². The predicted octanol–water partition coefficient (Wildman–Crippen LogP) is 2.25. The predicted molar refractivity (Wildman–Crippen MR) is 102 cm³/mol. The summed E-state index contributed by atoms with van der Waals surface area (Å²) in [6.07, 6.45) is 2.30. The summed E-state index contributed by atoms with van der Waals surface area (Å²) in [6.45, 7) is 1.61. The highest BCUT2D eigenvalue weighted by molar-refractivity contribution is 5.87. The second-order valence-corrected chi connectivity index (χ2v) is 6.37. The fourth-order valence-electron chi connectivity index (χ4n) is 2.79. The number of H-pyrrole nitrogens is 1. The summed E-state index contributed by atoms with van der Waals surface area (Å²) in [5.74, 6) is 0.782. The highest BCUT2D eigenvalue weighted by atomic mass is 16.5. The topological polar surface area (TPSA) is 93.3 Å². The highest BCUT2D eigenvalue weighted by Crippen LogP contribution is 2.25. The summed E-state index contributed by atoms with van der Waals surface area (Å²) >= 11 is 0. The average Bonchev–Trinajstić information content (AvgIpc) is 3.01. The summed E-state index contributed by atoms with van der Waals surface area (Å²) in [5.41, 5.74) is 6.67. The second kappa shape index (κ2) is 7.45. The fraction of sp³-hybridized carbons (Fsp3) is 0.263. The third-order valence-corrected chi connectivity index (χ3v) is 4.09. The molecule has 0 saturated heterocycles. The van der Waals surface area contributed by atoms with Crippen LogP contribution in [-0.4, -0.2) is 47.7 Å². The van der Waals surface area contributed by atoms with Gasteiger partial charge in [-0.2, -0.15) is 0 Å². The monoisotopic (exact) mass is 354 g/mol. The molecule has 0 saturated carbocycles. The van der Waals surface area contributed by atoms with Gasteiger partial charge in [0.05, 0.1) is 17.9 Å². The second-order valence-electron chi connectivity index (χ2n) is 6.37. The van der Waals surface area contributed by atoms with Crippen LogP contribution in [-0.2, 0) is 0 Å². The molecule has 0 bridgehead atoms. The Morgan fingerprint density at radius 3 is 2.81 bits per heavy atom. The van der Waals surface area contributed by atoms with Crippen molar-refractivity contribution >= 4 is 16.9 Å². The van der Waals surface area contributed by atoms with Crippen molar-refractivity contribution in [2.24, 2.45) is 5.73 Å². The first-order valence-electron chi connectivity index (χ1n) is 8.38. The zero-order valence-corrected chi connectivity index (χ0v) is 14.9. The third-order valence-electron chi connectivity index (χ3n) is 4.09. The molecular weight excluding hydrogens is 332 g/mol. The Balaban J connectivity index is 1.85. The van der Waals surface area contributed by atoms with E-state index in [4.69, 9.17) is 10.5 Å². The van der Waals surface area contributed by atoms with Gasteiger partial charge in [-0.1, -0.05) is 0 Å². The number of fused-ring (bicyclic) bond motifs is 1. The number of ether oxygens (including phenoxy) is 1. The number of carbonyl (C=O) groups excluding carboxylic acids is 1. The molecule has 26 heavy (non-hydrogen) atoms. The van der Waals surface area contributed by atoms with E-state index in [-0.39, 0.29) is 0 Å². The SMILES string of the molecule is CN(C)CCCOc1ccc2[nH]c(-c3cccn(C(N)=O)c3=O)cc2c1. The molecule has 0 spiro atoms. The average molecular weight is 354 g/mol. The van der Waals surface area contributed by atoms with Crippen LogP contribution >= 0.6 is 0 Å². The first-order valence-corrected chi connectivity index (χ1v) is 8.38. The Morgan fingerprint density at radius 1 is 1.27 bits per heavy atom. The molecule has 0 aliphatic heterocycles. The number of carbonyl (C=O) groups is 1. The molecule has 3 rings (SSSR count). The number of pyridine rings is 1. The number of aromatic nitrogens is 2. The lowest BCUT2D eigenvalue weighted by atomic mass is 10.2. The Morgan fingerprint density at radius 2 is 2.08 bits per heavy atom. The van der Waals surface area contributed by atoms with E-state index in [1.165, 1.54) is 6.20 Å². The summed E-state index contributed by atoms with van der Waals surface area (Å²) in [4.78, 5) is 29.1. The van der Waals surface area contributed by atoms with Gasteiger partial charge in [0.2, 0.25) is 0 Å². The third kappa shape index (κ3) is 3.78. The molecule has 3 N–H and O–H groups in total. The van der Waals surface area contributed by atoms with Crippen LogP contribution in [0.1, 0.15) is 6.42 Å². The minimum Gasteiger partial charge on any atom is -0.494 e. The van der Waals surface area contributed by atoms with Crippen molar-refractivity contribution in [2.75, 3.05) is 27.2 Å². The quantitative estimate of drug-likeness (QED) is 0.664. The Kier molecular flexibility index (Phi) is 5.09. The van der Waals surface area contributed by atoms with Crippen LogP contribution in [0.15, 0.2) is 47.4 Å². The molecule has 0 atom stereocenters. The summed E-state index contributed by atoms with van der Waals surface area (Å²) in [6, 6.07) is 10.1. The molecule has 3 aromatic rings. The first kappa shape index (κ1) is 17.8. The maximum atomic E-state index is 12.4. The van der Waals surface area contributed by atoms with Crippen LogP contribution in [0.5, 0.6) is 5.75 Å². The number of nitrogens with one attached hydrogen (secondary N) is 1. The van der Waals surface area contributed by atoms with Gasteiger partial charge >= 0.3 is 6.03 Å². The van der Waals surface area contributed by atoms with Crippen LogP contribution in [0.3, 0.4) is 0 Å². The van der Waals surface area contributed by atoms with Gasteiger partial charge in [0.15, 0.2) is 0 Å². The number of rotatable bonds is 6. The summed E-state index contributed by atoms with van der Waals surface area (Å²) in [5, 5.41) is 0.930. The van der Waals surface area contributed by atoms with Crippen molar-refractivity contribution < 1.29 is 9.53 Å². The molecule has 1 amide bonds. The van der Waals surface area contributed by atoms with Gasteiger partial charge in [-0.05, 0) is 56.9 Å². The van der Waals surface area contributed by atoms with Crippen LogP contribution < -0.4 is 16.0 Å². The molecule has 1 aromatic carbocycles. The molecule has 0 radical (unpaired) electrons. The lowest BCUT2D eigenvalue weighted by Crippen LogP contribution is -2.31. The van der Waals surface area contributed by atoms with Crippen molar-refractivity contribution in [2.45, 2.75) is 6.42 Å². The van der Waals surface area contributed by atoms with E-state index < -0.39 is 11.6 Å². The maximum absolute atomic E-state index is 12.4. The first-order chi connectivity index (χ1) is 12.5. The standard InChI is InChI=1S/C19H22N4O3/c1-22(2)8-4-10-26-14-6-7-16-13(11-14)12-17(21-16)15-5-3-9-23(18(15)24)19(20)25/h3,5-7,9,11-12,21H,4,8,10H2,1-2H3,(H2,20,25). The number of benzene rings is 1. The van der Waals surface area contributed by atoms with Crippen molar-refractivity contribution in [3.63, 3.8) is 0 Å². The maximum Gasteiger partial charge on any atom is 0.325 e. The van der Waals surface area contributed by atoms with E-state index >= 15 is 0 Å². The summed E-state index contributed by atoms with van der Waals surface area (Å²) < 4.78 is 6.68. The molecule has 136 valence electrons. The fourth-order valence-corrected chi connectivity index (χ4v) is 2.79. The van der Waals surface area contributed by atoms with Gasteiger partial charge in [0, 0.05) is 23.6 Å². The molecule has 2 aromatic heterocycles. The number of nitrogens with zero attached hydrogens (tertiary/aromatic N) is 2. The lowest BCUT2D eigenvalue weighted by Gasteiger charge is -2.10. The molecule has 0 fully saturated rings. The van der Waals surface area contributed by atoms with Gasteiger partial charge in [-0.3, -0.25) is 4.79 Å². The molecule has 0 aliphatic rings. The van der Waals surface area contributed by atoms with Crippen LogP contribution in [0.2, 0.25) is 0 Å². The Labute approximate surface area is 151 Å². The normalized spacial score (nSPS) is 11.2. The minimum atomic E-state index is -0.804. The van der Waals surface area contributed by atoms with Gasteiger partial charge in [0.1, 0.15) is 5.75 Å². The van der Waals surface area contributed by atoms with Crippen molar-refractivity contribution in [3.8, 4) is 17.0 Å². The van der Waals surface area contributed by atoms with Crippen molar-refractivity contribution in [3.05, 3.63) is 52.9 Å². The summed E-state index contributed by atoms with van der Waals surface area (Å²) in [7, 11) is 4.06. The number of hydrogen-bond acceptors (Lipinski definition) is 4. The van der Waals surface area contributed by atoms with E-state index in [1.54, 1.807) is 12.1 Å². The zero-order valence-electron chi connectivity index (χ0n) is 14.9. The number of nitrogens with two attached hydrogens (primary N) is 1. The smallest absolute Gasteiger partial charge is 0.325 e. The van der Waals surface area contributed by atoms with Crippen molar-refractivity contribution in [1.82, 2.24) is 14.5 Å². The van der Waals surface area contributed by atoms with Gasteiger partial charge in [-0.25, -0.2) is 9.36 Å². The molecular formula is C19H22N4O3. The van der Waals surface area contributed by atoms with Crippen molar-refractivity contribution in [1.29, 1.82) is 0 Å². The number of amides is 1. The zero-order chi connectivity index (χ0) is 18.7. The number of hydrogen-bond donors (Lipinski definition) is 2. The van der Waals surface area contributed by atoms with Crippen LogP contribution in [0.25, 0.3) is 22.2 Å². The van der Waals surface area contributed by atoms with Crippen LogP contribution in [0, 0.1) is 0 Å². The lowest BCUT2D eigenvalue weighted by molar-refractivity contribution is 0.249. The molecule has 7 heteroatoms. The molecule has 7 nitrogen and oxygen atoms in total. The number of primary amides is 1.